The summed E-state index contributed by atoms with van der Waals surface area (Å²) >= 11 is 0. The molecule has 6 nitrogen and oxygen atoms in total. The van der Waals surface area contributed by atoms with Crippen molar-refractivity contribution in [3.8, 4) is 11.8 Å². The quantitative estimate of drug-likeness (QED) is 0.490. The van der Waals surface area contributed by atoms with Gasteiger partial charge < -0.3 is 13.9 Å². The Kier molecular flexibility index (Phi) is 5.23. The van der Waals surface area contributed by atoms with Gasteiger partial charge in [-0.3, -0.25) is 9.59 Å². The normalized spacial score (nSPS) is 10.4. The van der Waals surface area contributed by atoms with Crippen LogP contribution >= 0.6 is 0 Å². The van der Waals surface area contributed by atoms with Crippen LogP contribution in [0.4, 0.5) is 0 Å². The van der Waals surface area contributed by atoms with Gasteiger partial charge in [-0.25, -0.2) is 0 Å². The number of nitrogens with zero attached hydrogens (tertiary/aromatic N) is 1. The maximum atomic E-state index is 13.0. The Morgan fingerprint density at radius 1 is 1.11 bits per heavy atom. The fraction of sp³-hybridized carbons (Fsp3) is 0.190. The molecule has 3 rings (SSSR count). The number of ketones is 1. The predicted octanol–water partition coefficient (Wildman–Crippen LogP) is 3.65. The molecule has 1 aromatic heterocycles. The van der Waals surface area contributed by atoms with Crippen molar-refractivity contribution in [2.45, 2.75) is 12.8 Å². The molecule has 0 amide bonds. The number of esters is 1. The van der Waals surface area contributed by atoms with Gasteiger partial charge in [0.25, 0.3) is 0 Å². The fourth-order valence-electron chi connectivity index (χ4n) is 2.85. The molecular formula is C21H17NO5. The number of hydrogen-bond acceptors (Lipinski definition) is 6. The van der Waals surface area contributed by atoms with Crippen molar-refractivity contribution in [3.63, 3.8) is 0 Å². The van der Waals surface area contributed by atoms with Gasteiger partial charge in [-0.1, -0.05) is 0 Å². The number of furan rings is 1. The van der Waals surface area contributed by atoms with Crippen molar-refractivity contribution >= 4 is 22.7 Å². The molecule has 0 saturated heterocycles. The van der Waals surface area contributed by atoms with E-state index in [2.05, 4.69) is 0 Å². The number of carbonyl (C=O) groups is 2. The molecule has 0 fully saturated rings. The van der Waals surface area contributed by atoms with Crippen molar-refractivity contribution in [1.82, 2.24) is 0 Å². The van der Waals surface area contributed by atoms with Crippen LogP contribution in [0.5, 0.6) is 5.75 Å². The lowest BCUT2D eigenvalue weighted by atomic mass is 10.00. The largest absolute Gasteiger partial charge is 0.497 e. The second kappa shape index (κ2) is 7.75. The molecule has 0 unspecified atom stereocenters. The first-order valence-corrected chi connectivity index (χ1v) is 8.28. The average Bonchev–Trinajstić information content (AvgIpc) is 3.08. The number of methoxy groups -OCH3 is 2. The molecule has 0 N–H and O–H groups in total. The summed E-state index contributed by atoms with van der Waals surface area (Å²) in [5, 5.41) is 9.66. The number of hydrogen-bond donors (Lipinski definition) is 0. The first-order valence-electron chi connectivity index (χ1n) is 8.28. The Labute approximate surface area is 155 Å². The molecule has 0 bridgehead atoms. The fourth-order valence-corrected chi connectivity index (χ4v) is 2.85. The van der Waals surface area contributed by atoms with Crippen LogP contribution in [-0.4, -0.2) is 26.0 Å². The molecule has 0 atom stereocenters. The summed E-state index contributed by atoms with van der Waals surface area (Å²) in [6, 6.07) is 13.6. The maximum absolute atomic E-state index is 13.0. The van der Waals surface area contributed by atoms with Crippen LogP contribution in [0, 0.1) is 11.3 Å². The van der Waals surface area contributed by atoms with Gasteiger partial charge in [0.1, 0.15) is 11.3 Å². The number of nitriles is 1. The molecule has 0 aliphatic rings. The molecule has 0 aliphatic carbocycles. The highest BCUT2D eigenvalue weighted by atomic mass is 16.5. The molecule has 27 heavy (non-hydrogen) atoms. The monoisotopic (exact) mass is 363 g/mol. The standard InChI is InChI=1S/C21H17NO5/c1-25-15-7-8-16-17(9-10-19(23)26-2)21(27-18(16)11-15)20(24)14-5-3-13(12-22)4-6-14/h3-8,11H,9-10H2,1-2H3. The van der Waals surface area contributed by atoms with Crippen molar-refractivity contribution in [2.75, 3.05) is 14.2 Å². The van der Waals surface area contributed by atoms with Gasteiger partial charge in [-0.15, -0.1) is 0 Å². The zero-order chi connectivity index (χ0) is 19.4. The van der Waals surface area contributed by atoms with Crippen molar-refractivity contribution in [3.05, 3.63) is 64.9 Å². The number of carbonyl (C=O) groups excluding carboxylic acids is 2. The number of rotatable bonds is 6. The summed E-state index contributed by atoms with van der Waals surface area (Å²) in [5.74, 6) is 0.101. The summed E-state index contributed by atoms with van der Waals surface area (Å²) in [7, 11) is 2.87. The molecule has 0 aliphatic heterocycles. The molecule has 6 heteroatoms. The van der Waals surface area contributed by atoms with E-state index in [9.17, 15) is 9.59 Å². The first kappa shape index (κ1) is 18.2. The summed E-state index contributed by atoms with van der Waals surface area (Å²) in [5.41, 5.74) is 2.02. The third-order valence-corrected chi connectivity index (χ3v) is 4.29. The SMILES string of the molecule is COC(=O)CCc1c(C(=O)c2ccc(C#N)cc2)oc2cc(OC)ccc12. The van der Waals surface area contributed by atoms with Gasteiger partial charge in [-0.05, 0) is 42.8 Å². The maximum Gasteiger partial charge on any atom is 0.305 e. The van der Waals surface area contributed by atoms with E-state index in [-0.39, 0.29) is 23.9 Å². The minimum atomic E-state index is -0.366. The molecule has 136 valence electrons. The van der Waals surface area contributed by atoms with Crippen LogP contribution < -0.4 is 4.74 Å². The van der Waals surface area contributed by atoms with E-state index in [1.807, 2.05) is 6.07 Å². The lowest BCUT2D eigenvalue weighted by Gasteiger charge is -2.03. The zero-order valence-electron chi connectivity index (χ0n) is 14.9. The van der Waals surface area contributed by atoms with Gasteiger partial charge in [-0.2, -0.15) is 5.26 Å². The third-order valence-electron chi connectivity index (χ3n) is 4.29. The Morgan fingerprint density at radius 2 is 1.85 bits per heavy atom. The Balaban J connectivity index is 2.06. The number of ether oxygens (including phenoxy) is 2. The lowest BCUT2D eigenvalue weighted by Crippen LogP contribution is -2.06. The summed E-state index contributed by atoms with van der Waals surface area (Å²) in [6.07, 6.45) is 0.439. The van der Waals surface area contributed by atoms with Crippen LogP contribution in [0.3, 0.4) is 0 Å². The first-order chi connectivity index (χ1) is 13.1. The Hall–Kier alpha value is -3.59. The topological polar surface area (TPSA) is 89.5 Å². The molecule has 2 aromatic carbocycles. The van der Waals surface area contributed by atoms with Crippen LogP contribution in [0.15, 0.2) is 46.9 Å². The van der Waals surface area contributed by atoms with Crippen molar-refractivity contribution < 1.29 is 23.5 Å². The number of aryl methyl sites for hydroxylation is 1. The van der Waals surface area contributed by atoms with E-state index < -0.39 is 0 Å². The summed E-state index contributed by atoms with van der Waals surface area (Å²) in [4.78, 5) is 24.6. The van der Waals surface area contributed by atoms with Crippen molar-refractivity contribution in [1.29, 1.82) is 5.26 Å². The van der Waals surface area contributed by atoms with Gasteiger partial charge in [0, 0.05) is 29.0 Å². The minimum absolute atomic E-state index is 0.130. The highest BCUT2D eigenvalue weighted by molar-refractivity contribution is 6.10. The number of fused-ring (bicyclic) bond motifs is 1. The van der Waals surface area contributed by atoms with E-state index in [0.717, 1.165) is 5.39 Å². The second-order valence-corrected chi connectivity index (χ2v) is 5.87. The molecule has 0 saturated carbocycles. The summed E-state index contributed by atoms with van der Waals surface area (Å²) in [6.45, 7) is 0. The van der Waals surface area contributed by atoms with Gasteiger partial charge in [0.15, 0.2) is 5.76 Å². The third kappa shape index (κ3) is 3.67. The van der Waals surface area contributed by atoms with Crippen molar-refractivity contribution in [2.24, 2.45) is 0 Å². The van der Waals surface area contributed by atoms with Gasteiger partial charge >= 0.3 is 5.97 Å². The van der Waals surface area contributed by atoms with E-state index in [1.54, 1.807) is 49.6 Å². The predicted molar refractivity (Wildman–Crippen MR) is 97.7 cm³/mol. The minimum Gasteiger partial charge on any atom is -0.497 e. The van der Waals surface area contributed by atoms with E-state index in [0.29, 0.717) is 34.4 Å². The van der Waals surface area contributed by atoms with E-state index in [4.69, 9.17) is 19.2 Å². The lowest BCUT2D eigenvalue weighted by molar-refractivity contribution is -0.140. The molecule has 1 heterocycles. The van der Waals surface area contributed by atoms with E-state index >= 15 is 0 Å². The highest BCUT2D eigenvalue weighted by Crippen LogP contribution is 2.31. The molecule has 0 radical (unpaired) electrons. The molecule has 3 aromatic rings. The number of benzene rings is 2. The van der Waals surface area contributed by atoms with Crippen LogP contribution in [0.1, 0.15) is 33.7 Å². The van der Waals surface area contributed by atoms with Gasteiger partial charge in [0.05, 0.1) is 25.9 Å². The molecule has 0 spiro atoms. The zero-order valence-corrected chi connectivity index (χ0v) is 14.9. The van der Waals surface area contributed by atoms with Crippen LogP contribution in [-0.2, 0) is 16.0 Å². The smallest absolute Gasteiger partial charge is 0.305 e. The Morgan fingerprint density at radius 3 is 2.48 bits per heavy atom. The van der Waals surface area contributed by atoms with E-state index in [1.165, 1.54) is 7.11 Å². The highest BCUT2D eigenvalue weighted by Gasteiger charge is 2.23. The molecular weight excluding hydrogens is 346 g/mol. The summed E-state index contributed by atoms with van der Waals surface area (Å²) < 4.78 is 15.7. The Bertz CT molecular complexity index is 1040. The average molecular weight is 363 g/mol. The van der Waals surface area contributed by atoms with Crippen LogP contribution in [0.25, 0.3) is 11.0 Å². The van der Waals surface area contributed by atoms with Gasteiger partial charge in [0.2, 0.25) is 5.78 Å². The van der Waals surface area contributed by atoms with Crippen LogP contribution in [0.2, 0.25) is 0 Å². The second-order valence-electron chi connectivity index (χ2n) is 5.87.